The van der Waals surface area contributed by atoms with Gasteiger partial charge in [0.25, 0.3) is 0 Å². The molecule has 2 aromatic rings. The Hall–Kier alpha value is -1.69. The lowest BCUT2D eigenvalue weighted by molar-refractivity contribution is 0.0698. The molecule has 0 radical (unpaired) electrons. The zero-order chi connectivity index (χ0) is 13.8. The van der Waals surface area contributed by atoms with E-state index in [-0.39, 0.29) is 11.3 Å². The first kappa shape index (κ1) is 13.7. The number of carboxylic acid groups (broad SMARTS) is 1. The molecule has 2 N–H and O–H groups in total. The van der Waals surface area contributed by atoms with Gasteiger partial charge in [-0.15, -0.1) is 0 Å². The van der Waals surface area contributed by atoms with Crippen molar-refractivity contribution < 1.29 is 9.90 Å². The van der Waals surface area contributed by atoms with Crippen molar-refractivity contribution in [2.24, 2.45) is 0 Å². The molecule has 1 aromatic heterocycles. The van der Waals surface area contributed by atoms with Crippen LogP contribution in [0.15, 0.2) is 23.0 Å². The Balaban J connectivity index is 2.39. The van der Waals surface area contributed by atoms with E-state index in [1.165, 1.54) is 10.6 Å². The number of aromatic nitrogens is 2. The van der Waals surface area contributed by atoms with Gasteiger partial charge in [0, 0.05) is 6.54 Å². The Bertz CT molecular complexity index is 645. The first-order chi connectivity index (χ1) is 9.15. The van der Waals surface area contributed by atoms with Crippen molar-refractivity contribution in [3.05, 3.63) is 34.2 Å². The average molecular weight is 280 g/mol. The maximum atomic E-state index is 11.9. The Kier molecular flexibility index (Phi) is 4.31. The van der Waals surface area contributed by atoms with Gasteiger partial charge in [0.05, 0.1) is 16.6 Å². The van der Waals surface area contributed by atoms with Gasteiger partial charge < -0.3 is 10.1 Å². The summed E-state index contributed by atoms with van der Waals surface area (Å²) in [4.78, 5) is 25.8. The number of rotatable bonds is 6. The van der Waals surface area contributed by atoms with Crippen LogP contribution in [0.2, 0.25) is 0 Å². The lowest BCUT2D eigenvalue weighted by Crippen LogP contribution is -2.18. The van der Waals surface area contributed by atoms with Crippen LogP contribution in [-0.4, -0.2) is 32.6 Å². The molecule has 0 atom stereocenters. The summed E-state index contributed by atoms with van der Waals surface area (Å²) < 4.78 is 1.53. The molecule has 0 aliphatic carbocycles. The van der Waals surface area contributed by atoms with E-state index in [4.69, 9.17) is 0 Å². The molecule has 0 unspecified atom stereocenters. The molecule has 0 bridgehead atoms. The third-order valence-electron chi connectivity index (χ3n) is 3.00. The minimum Gasteiger partial charge on any atom is -0.478 e. The number of aromatic carboxylic acids is 1. The van der Waals surface area contributed by atoms with E-state index in [2.05, 4.69) is 4.98 Å². The van der Waals surface area contributed by atoms with Gasteiger partial charge in [-0.2, -0.15) is 11.8 Å². The number of thioether (sulfide) groups is 1. The molecule has 2 rings (SSSR count). The molecule has 0 aliphatic rings. The predicted octanol–water partition coefficient (Wildman–Crippen LogP) is 2.17. The zero-order valence-electron chi connectivity index (χ0n) is 10.7. The molecule has 5 nitrogen and oxygen atoms in total. The molecule has 0 saturated carbocycles. The van der Waals surface area contributed by atoms with Crippen LogP contribution in [0.25, 0.3) is 11.0 Å². The van der Waals surface area contributed by atoms with Crippen LogP contribution < -0.4 is 5.69 Å². The number of H-pyrrole nitrogens is 1. The fourth-order valence-corrected chi connectivity index (χ4v) is 2.61. The summed E-state index contributed by atoms with van der Waals surface area (Å²) in [7, 11) is 0. The van der Waals surface area contributed by atoms with Crippen LogP contribution in [-0.2, 0) is 6.54 Å². The Labute approximate surface area is 114 Å². The summed E-state index contributed by atoms with van der Waals surface area (Å²) in [6, 6.07) is 4.89. The van der Waals surface area contributed by atoms with Gasteiger partial charge in [0.1, 0.15) is 0 Å². The molecular weight excluding hydrogens is 264 g/mol. The van der Waals surface area contributed by atoms with Crippen molar-refractivity contribution in [3.8, 4) is 0 Å². The van der Waals surface area contributed by atoms with Crippen molar-refractivity contribution >= 4 is 28.8 Å². The van der Waals surface area contributed by atoms with Crippen molar-refractivity contribution in [2.45, 2.75) is 19.4 Å². The number of unbranched alkanes of at least 4 members (excludes halogenated alkanes) is 1. The van der Waals surface area contributed by atoms with Crippen LogP contribution in [0, 0.1) is 0 Å². The second-order valence-electron chi connectivity index (χ2n) is 4.29. The highest BCUT2D eigenvalue weighted by atomic mass is 32.2. The lowest BCUT2D eigenvalue weighted by atomic mass is 10.2. The third-order valence-corrected chi connectivity index (χ3v) is 3.70. The maximum Gasteiger partial charge on any atom is 0.337 e. The van der Waals surface area contributed by atoms with Crippen LogP contribution in [0.3, 0.4) is 0 Å². The Morgan fingerprint density at radius 2 is 2.21 bits per heavy atom. The molecule has 6 heteroatoms. The van der Waals surface area contributed by atoms with Gasteiger partial charge in [-0.3, -0.25) is 4.57 Å². The topological polar surface area (TPSA) is 75.1 Å². The number of hydrogen-bond acceptors (Lipinski definition) is 3. The maximum absolute atomic E-state index is 11.9. The predicted molar refractivity (Wildman–Crippen MR) is 77.1 cm³/mol. The number of nitrogens with one attached hydrogen (secondary N) is 1. The molecule has 0 spiro atoms. The molecule has 1 heterocycles. The highest BCUT2D eigenvalue weighted by Gasteiger charge is 2.14. The van der Waals surface area contributed by atoms with Crippen LogP contribution in [0.4, 0.5) is 0 Å². The average Bonchev–Trinajstić information content (AvgIpc) is 2.70. The highest BCUT2D eigenvalue weighted by Crippen LogP contribution is 2.16. The van der Waals surface area contributed by atoms with Gasteiger partial charge in [-0.25, -0.2) is 9.59 Å². The third kappa shape index (κ3) is 2.84. The first-order valence-corrected chi connectivity index (χ1v) is 7.48. The number of carbonyl (C=O) groups is 1. The smallest absolute Gasteiger partial charge is 0.337 e. The summed E-state index contributed by atoms with van der Waals surface area (Å²) >= 11 is 1.77. The molecule has 1 aromatic carbocycles. The number of imidazole rings is 1. The van der Waals surface area contributed by atoms with Crippen molar-refractivity contribution in [1.29, 1.82) is 0 Å². The molecule has 19 heavy (non-hydrogen) atoms. The van der Waals surface area contributed by atoms with Crippen molar-refractivity contribution in [3.63, 3.8) is 0 Å². The number of aromatic amines is 1. The lowest BCUT2D eigenvalue weighted by Gasteiger charge is -2.05. The minimum atomic E-state index is -1.01. The zero-order valence-corrected chi connectivity index (χ0v) is 11.5. The van der Waals surface area contributed by atoms with E-state index in [1.807, 2.05) is 6.26 Å². The van der Waals surface area contributed by atoms with Crippen LogP contribution in [0.5, 0.6) is 0 Å². The van der Waals surface area contributed by atoms with E-state index in [0.29, 0.717) is 17.6 Å². The fourth-order valence-electron chi connectivity index (χ4n) is 2.12. The van der Waals surface area contributed by atoms with E-state index >= 15 is 0 Å². The minimum absolute atomic E-state index is 0.167. The number of benzene rings is 1. The van der Waals surface area contributed by atoms with Crippen LogP contribution >= 0.6 is 11.8 Å². The van der Waals surface area contributed by atoms with E-state index < -0.39 is 5.97 Å². The second-order valence-corrected chi connectivity index (χ2v) is 5.27. The quantitative estimate of drug-likeness (QED) is 0.795. The van der Waals surface area contributed by atoms with Gasteiger partial charge in [-0.1, -0.05) is 6.07 Å². The molecular formula is C13H16N2O3S. The standard InChI is InChI=1S/C13H16N2O3S/c1-19-8-3-2-7-15-11-9(12(16)17)5-4-6-10(11)14-13(15)18/h4-6H,2-3,7-8H2,1H3,(H,14,18)(H,16,17). The molecule has 0 amide bonds. The summed E-state index contributed by atoms with van der Waals surface area (Å²) in [6.07, 6.45) is 3.91. The van der Waals surface area contributed by atoms with Gasteiger partial charge in [-0.05, 0) is 37.0 Å². The number of hydrogen-bond donors (Lipinski definition) is 2. The van der Waals surface area contributed by atoms with E-state index in [0.717, 1.165) is 18.6 Å². The molecule has 0 saturated heterocycles. The molecule has 0 fully saturated rings. The Morgan fingerprint density at radius 3 is 2.89 bits per heavy atom. The fraction of sp³-hybridized carbons (Fsp3) is 0.385. The number of fused-ring (bicyclic) bond motifs is 1. The Morgan fingerprint density at radius 1 is 1.42 bits per heavy atom. The highest BCUT2D eigenvalue weighted by molar-refractivity contribution is 7.98. The van der Waals surface area contributed by atoms with E-state index in [1.54, 1.807) is 23.9 Å². The number of para-hydroxylation sites is 1. The second kappa shape index (κ2) is 5.97. The van der Waals surface area contributed by atoms with Crippen molar-refractivity contribution in [1.82, 2.24) is 9.55 Å². The molecule has 0 aliphatic heterocycles. The summed E-state index contributed by atoms with van der Waals surface area (Å²) in [5.41, 5.74) is 0.993. The monoisotopic (exact) mass is 280 g/mol. The SMILES string of the molecule is CSCCCCn1c(=O)[nH]c2cccc(C(=O)O)c21. The van der Waals surface area contributed by atoms with Crippen molar-refractivity contribution in [2.75, 3.05) is 12.0 Å². The summed E-state index contributed by atoms with van der Waals surface area (Å²) in [5, 5.41) is 9.19. The number of nitrogens with zero attached hydrogens (tertiary/aromatic N) is 1. The summed E-state index contributed by atoms with van der Waals surface area (Å²) in [6.45, 7) is 0.545. The van der Waals surface area contributed by atoms with Gasteiger partial charge >= 0.3 is 11.7 Å². The van der Waals surface area contributed by atoms with Gasteiger partial charge in [0.2, 0.25) is 0 Å². The molecule has 102 valence electrons. The largest absolute Gasteiger partial charge is 0.478 e. The van der Waals surface area contributed by atoms with E-state index in [9.17, 15) is 14.7 Å². The number of carboxylic acids is 1. The first-order valence-electron chi connectivity index (χ1n) is 6.09. The van der Waals surface area contributed by atoms with Gasteiger partial charge in [0.15, 0.2) is 0 Å². The van der Waals surface area contributed by atoms with Crippen LogP contribution in [0.1, 0.15) is 23.2 Å². The summed E-state index contributed by atoms with van der Waals surface area (Å²) in [5.74, 6) is 0.0329. The normalized spacial score (nSPS) is 11.0. The number of aryl methyl sites for hydroxylation is 1.